The molecular weight excluding hydrogens is 467 g/mol. The lowest BCUT2D eigenvalue weighted by Crippen LogP contribution is -2.61. The van der Waals surface area contributed by atoms with Crippen LogP contribution in [0.1, 0.15) is 55.5 Å². The predicted molar refractivity (Wildman–Crippen MR) is 127 cm³/mol. The number of aryl methyl sites for hydroxylation is 1. The van der Waals surface area contributed by atoms with Crippen LogP contribution in [0.4, 0.5) is 10.1 Å². The van der Waals surface area contributed by atoms with Gasteiger partial charge in [0.1, 0.15) is 23.7 Å². The predicted octanol–water partition coefficient (Wildman–Crippen LogP) is 4.09. The molecule has 36 heavy (non-hydrogen) atoms. The number of esters is 1. The minimum Gasteiger partial charge on any atom is -0.454 e. The van der Waals surface area contributed by atoms with E-state index < -0.39 is 17.5 Å². The van der Waals surface area contributed by atoms with Crippen LogP contribution in [0, 0.1) is 47.5 Å². The third kappa shape index (κ3) is 4.60. The fourth-order valence-corrected chi connectivity index (χ4v) is 7.18. The molecule has 1 aromatic heterocycles. The maximum Gasteiger partial charge on any atom is 0.328 e. The van der Waals surface area contributed by atoms with E-state index >= 15 is 0 Å². The molecule has 192 valence electrons. The summed E-state index contributed by atoms with van der Waals surface area (Å²) in [5, 5.41) is 15.3. The first kappa shape index (κ1) is 24.4. The van der Waals surface area contributed by atoms with Crippen molar-refractivity contribution in [3.8, 4) is 0 Å². The molecule has 10 heteroatoms. The maximum absolute atomic E-state index is 13.6. The Kier molecular flexibility index (Phi) is 6.30. The summed E-state index contributed by atoms with van der Waals surface area (Å²) >= 11 is 0. The molecule has 4 aliphatic rings. The van der Waals surface area contributed by atoms with E-state index in [9.17, 15) is 24.1 Å². The Morgan fingerprint density at radius 3 is 2.25 bits per heavy atom. The van der Waals surface area contributed by atoms with Crippen LogP contribution in [0.5, 0.6) is 0 Å². The van der Waals surface area contributed by atoms with Crippen LogP contribution >= 0.6 is 0 Å². The Hall–Kier alpha value is -3.30. The van der Waals surface area contributed by atoms with Gasteiger partial charge in [0.2, 0.25) is 0 Å². The van der Waals surface area contributed by atoms with Crippen molar-refractivity contribution >= 4 is 17.6 Å². The molecular formula is C26H31FN4O5. The van der Waals surface area contributed by atoms with Crippen molar-refractivity contribution in [3.05, 3.63) is 57.1 Å². The molecule has 1 aromatic carbocycles. The number of halogens is 1. The van der Waals surface area contributed by atoms with Gasteiger partial charge >= 0.3 is 11.7 Å². The largest absolute Gasteiger partial charge is 0.454 e. The quantitative estimate of drug-likeness (QED) is 0.308. The normalized spacial score (nSPS) is 26.1. The first-order valence-electron chi connectivity index (χ1n) is 12.5. The average molecular weight is 499 g/mol. The second-order valence-electron chi connectivity index (χ2n) is 10.8. The van der Waals surface area contributed by atoms with Crippen LogP contribution in [0.3, 0.4) is 0 Å². The van der Waals surface area contributed by atoms with E-state index in [2.05, 4.69) is 5.10 Å². The van der Waals surface area contributed by atoms with Crippen molar-refractivity contribution < 1.29 is 23.6 Å². The second kappa shape index (κ2) is 9.29. The van der Waals surface area contributed by atoms with Crippen molar-refractivity contribution in [2.45, 2.75) is 71.0 Å². The number of rotatable bonds is 8. The van der Waals surface area contributed by atoms with Gasteiger partial charge in [-0.2, -0.15) is 5.10 Å². The highest BCUT2D eigenvalue weighted by Gasteiger charge is 2.54. The van der Waals surface area contributed by atoms with Gasteiger partial charge in [-0.15, -0.1) is 0 Å². The van der Waals surface area contributed by atoms with Crippen LogP contribution in [-0.4, -0.2) is 43.6 Å². The van der Waals surface area contributed by atoms with Crippen molar-refractivity contribution in [1.29, 1.82) is 0 Å². The summed E-state index contributed by atoms with van der Waals surface area (Å²) < 4.78 is 20.1. The van der Waals surface area contributed by atoms with Crippen LogP contribution in [0.25, 0.3) is 0 Å². The van der Waals surface area contributed by atoms with E-state index in [1.54, 1.807) is 12.1 Å². The molecule has 4 bridgehead atoms. The van der Waals surface area contributed by atoms with E-state index in [1.807, 2.05) is 4.90 Å². The van der Waals surface area contributed by atoms with E-state index in [4.69, 9.17) is 4.74 Å². The lowest BCUT2D eigenvalue weighted by molar-refractivity contribution is -0.386. The summed E-state index contributed by atoms with van der Waals surface area (Å²) in [7, 11) is 0. The monoisotopic (exact) mass is 498 g/mol. The van der Waals surface area contributed by atoms with Crippen LogP contribution in [-0.2, 0) is 27.4 Å². The summed E-state index contributed by atoms with van der Waals surface area (Å²) in [5.74, 6) is 0.562. The number of nitrogens with zero attached hydrogens (tertiary/aromatic N) is 4. The Morgan fingerprint density at radius 2 is 1.72 bits per heavy atom. The number of ether oxygens (including phenoxy) is 1. The minimum atomic E-state index is -0.684. The van der Waals surface area contributed by atoms with Crippen molar-refractivity contribution in [1.82, 2.24) is 14.7 Å². The fourth-order valence-electron chi connectivity index (χ4n) is 7.18. The van der Waals surface area contributed by atoms with Gasteiger partial charge in [-0.1, -0.05) is 12.1 Å². The average Bonchev–Trinajstić information content (AvgIpc) is 3.08. The molecule has 1 amide bonds. The van der Waals surface area contributed by atoms with Gasteiger partial charge in [0, 0.05) is 12.1 Å². The number of aromatic nitrogens is 2. The van der Waals surface area contributed by atoms with E-state index in [1.165, 1.54) is 49.9 Å². The summed E-state index contributed by atoms with van der Waals surface area (Å²) in [6.07, 6.45) is 6.53. The first-order chi connectivity index (χ1) is 17.1. The van der Waals surface area contributed by atoms with Gasteiger partial charge in [0.05, 0.1) is 4.92 Å². The van der Waals surface area contributed by atoms with Crippen molar-refractivity contribution in [2.75, 3.05) is 6.61 Å². The lowest BCUT2D eigenvalue weighted by atomic mass is 9.52. The molecule has 0 atom stereocenters. The van der Waals surface area contributed by atoms with Gasteiger partial charge in [-0.05, 0) is 87.8 Å². The van der Waals surface area contributed by atoms with Crippen LogP contribution in [0.15, 0.2) is 24.3 Å². The van der Waals surface area contributed by atoms with Gasteiger partial charge in [0.25, 0.3) is 5.91 Å². The smallest absolute Gasteiger partial charge is 0.328 e. The number of benzene rings is 1. The lowest BCUT2D eigenvalue weighted by Gasteiger charge is -2.60. The molecule has 0 radical (unpaired) electrons. The fraction of sp³-hybridized carbons (Fsp3) is 0.577. The van der Waals surface area contributed by atoms with Gasteiger partial charge < -0.3 is 9.64 Å². The summed E-state index contributed by atoms with van der Waals surface area (Å²) in [6.45, 7) is 2.64. The molecule has 1 heterocycles. The highest BCUT2D eigenvalue weighted by atomic mass is 19.1. The third-order valence-corrected chi connectivity index (χ3v) is 8.29. The highest BCUT2D eigenvalue weighted by molar-refractivity contribution is 5.81. The number of hydrogen-bond donors (Lipinski definition) is 0. The molecule has 0 spiro atoms. The third-order valence-electron chi connectivity index (χ3n) is 8.29. The van der Waals surface area contributed by atoms with Crippen LogP contribution < -0.4 is 0 Å². The number of nitro groups is 1. The molecule has 0 aliphatic heterocycles. The zero-order valence-electron chi connectivity index (χ0n) is 20.6. The van der Waals surface area contributed by atoms with Gasteiger partial charge in [0.15, 0.2) is 6.61 Å². The molecule has 2 aromatic rings. The summed E-state index contributed by atoms with van der Waals surface area (Å²) in [4.78, 5) is 38.7. The first-order valence-corrected chi connectivity index (χ1v) is 12.5. The Balaban J connectivity index is 1.31. The molecule has 0 unspecified atom stereocenters. The standard InChI is InChI=1S/C26H31FN4O5/c1-16-25(31(34)35)17(2)30(28-16)14-24(33)36-15-23(32)29(13-18-3-5-22(27)6-4-18)26-10-19-7-20(11-26)9-21(8-19)12-26/h3-6,19-21H,7-15H2,1-2H3. The molecule has 0 N–H and O–H groups in total. The number of amides is 1. The topological polar surface area (TPSA) is 108 Å². The molecule has 4 aliphatic carbocycles. The van der Waals surface area contributed by atoms with E-state index in [0.717, 1.165) is 24.8 Å². The minimum absolute atomic E-state index is 0.133. The molecule has 4 saturated carbocycles. The molecule has 0 saturated heterocycles. The van der Waals surface area contributed by atoms with Gasteiger partial charge in [-0.25, -0.2) is 4.39 Å². The van der Waals surface area contributed by atoms with Crippen molar-refractivity contribution in [3.63, 3.8) is 0 Å². The molecule has 9 nitrogen and oxygen atoms in total. The zero-order chi connectivity index (χ0) is 25.6. The number of carbonyl (C=O) groups excluding carboxylic acids is 2. The summed E-state index contributed by atoms with van der Waals surface area (Å²) in [5.41, 5.74) is 0.914. The second-order valence-corrected chi connectivity index (χ2v) is 10.8. The Labute approximate surface area is 208 Å². The highest BCUT2D eigenvalue weighted by Crippen LogP contribution is 2.58. The Bertz CT molecular complexity index is 1160. The van der Waals surface area contributed by atoms with Gasteiger partial charge in [-0.3, -0.25) is 24.4 Å². The zero-order valence-corrected chi connectivity index (χ0v) is 20.6. The van der Waals surface area contributed by atoms with Crippen molar-refractivity contribution in [2.24, 2.45) is 17.8 Å². The van der Waals surface area contributed by atoms with E-state index in [0.29, 0.717) is 24.3 Å². The molecule has 6 rings (SSSR count). The SMILES string of the molecule is Cc1nn(CC(=O)OCC(=O)N(Cc2ccc(F)cc2)C23CC4CC(CC(C4)C2)C3)c(C)c1[N+](=O)[O-]. The summed E-state index contributed by atoms with van der Waals surface area (Å²) in [6, 6.07) is 6.17. The Morgan fingerprint density at radius 1 is 1.14 bits per heavy atom. The number of carbonyl (C=O) groups is 2. The maximum atomic E-state index is 13.6. The van der Waals surface area contributed by atoms with E-state index in [-0.39, 0.29) is 40.9 Å². The molecule has 4 fully saturated rings. The van der Waals surface area contributed by atoms with Crippen LogP contribution in [0.2, 0.25) is 0 Å². The number of hydrogen-bond acceptors (Lipinski definition) is 6.